The standard InChI is InChI=1S/C16H23NO4/c1-2-19-16(18)6-4-3-5-9-20-12-7-8-13-14(17)11-21-15(13)10-12/h7-8,10,14H,2-6,9,11,17H2,1H3. The topological polar surface area (TPSA) is 70.8 Å². The molecule has 0 radical (unpaired) electrons. The molecule has 1 aromatic carbocycles. The van der Waals surface area contributed by atoms with E-state index in [9.17, 15) is 4.79 Å². The predicted molar refractivity (Wildman–Crippen MR) is 79.5 cm³/mol. The maximum absolute atomic E-state index is 11.2. The van der Waals surface area contributed by atoms with Crippen LogP contribution in [0, 0.1) is 0 Å². The van der Waals surface area contributed by atoms with E-state index in [2.05, 4.69) is 0 Å². The molecule has 5 nitrogen and oxygen atoms in total. The fourth-order valence-corrected chi connectivity index (χ4v) is 2.28. The monoisotopic (exact) mass is 293 g/mol. The number of benzene rings is 1. The molecule has 1 aromatic rings. The first-order valence-corrected chi connectivity index (χ1v) is 7.51. The largest absolute Gasteiger partial charge is 0.493 e. The Hall–Kier alpha value is -1.75. The number of unbranched alkanes of at least 4 members (excludes halogenated alkanes) is 2. The van der Waals surface area contributed by atoms with E-state index in [4.69, 9.17) is 19.9 Å². The molecular weight excluding hydrogens is 270 g/mol. The van der Waals surface area contributed by atoms with Gasteiger partial charge in [0.05, 0.1) is 19.3 Å². The van der Waals surface area contributed by atoms with Crippen molar-refractivity contribution in [2.45, 2.75) is 38.6 Å². The number of carbonyl (C=O) groups excluding carboxylic acids is 1. The van der Waals surface area contributed by atoms with Crippen molar-refractivity contribution in [2.75, 3.05) is 19.8 Å². The molecule has 116 valence electrons. The number of fused-ring (bicyclic) bond motifs is 1. The average Bonchev–Trinajstić information content (AvgIpc) is 2.84. The average molecular weight is 293 g/mol. The fraction of sp³-hybridized carbons (Fsp3) is 0.562. The minimum absolute atomic E-state index is 0.0306. The lowest BCUT2D eigenvalue weighted by Crippen LogP contribution is -2.10. The number of esters is 1. The zero-order valence-electron chi connectivity index (χ0n) is 12.5. The van der Waals surface area contributed by atoms with Crippen molar-refractivity contribution < 1.29 is 19.0 Å². The summed E-state index contributed by atoms with van der Waals surface area (Å²) in [5.74, 6) is 1.50. The summed E-state index contributed by atoms with van der Waals surface area (Å²) in [5.41, 5.74) is 6.93. The molecule has 1 unspecified atom stereocenters. The molecule has 0 saturated carbocycles. The van der Waals surface area contributed by atoms with Gasteiger partial charge in [0.15, 0.2) is 0 Å². The lowest BCUT2D eigenvalue weighted by atomic mass is 10.1. The van der Waals surface area contributed by atoms with Crippen molar-refractivity contribution in [1.29, 1.82) is 0 Å². The summed E-state index contributed by atoms with van der Waals surface area (Å²) in [7, 11) is 0. The maximum atomic E-state index is 11.2. The van der Waals surface area contributed by atoms with E-state index in [0.29, 0.717) is 26.2 Å². The smallest absolute Gasteiger partial charge is 0.305 e. The minimum Gasteiger partial charge on any atom is -0.493 e. The maximum Gasteiger partial charge on any atom is 0.305 e. The van der Waals surface area contributed by atoms with Gasteiger partial charge in [-0.05, 0) is 38.3 Å². The number of rotatable bonds is 8. The Labute approximate surface area is 125 Å². The molecular formula is C16H23NO4. The molecule has 0 fully saturated rings. The normalized spacial score (nSPS) is 16.2. The molecule has 0 saturated heterocycles. The van der Waals surface area contributed by atoms with Gasteiger partial charge in [0.25, 0.3) is 0 Å². The highest BCUT2D eigenvalue weighted by atomic mass is 16.5. The SMILES string of the molecule is CCOC(=O)CCCCCOc1ccc2c(c1)OCC2N. The molecule has 1 aliphatic heterocycles. The van der Waals surface area contributed by atoms with Gasteiger partial charge in [0, 0.05) is 18.1 Å². The Kier molecular flexibility index (Phi) is 5.87. The van der Waals surface area contributed by atoms with Crippen LogP contribution in [0.3, 0.4) is 0 Å². The van der Waals surface area contributed by atoms with E-state index < -0.39 is 0 Å². The first-order chi connectivity index (χ1) is 10.2. The molecule has 1 heterocycles. The second kappa shape index (κ2) is 7.88. The summed E-state index contributed by atoms with van der Waals surface area (Å²) in [5, 5.41) is 0. The van der Waals surface area contributed by atoms with Gasteiger partial charge in [0.2, 0.25) is 0 Å². The Bertz CT molecular complexity index is 475. The highest BCUT2D eigenvalue weighted by Gasteiger charge is 2.20. The van der Waals surface area contributed by atoms with Crippen LogP contribution in [-0.4, -0.2) is 25.8 Å². The first kappa shape index (κ1) is 15.6. The van der Waals surface area contributed by atoms with E-state index in [1.807, 2.05) is 25.1 Å². The highest BCUT2D eigenvalue weighted by Crippen LogP contribution is 2.33. The van der Waals surface area contributed by atoms with Crippen LogP contribution in [0.4, 0.5) is 0 Å². The van der Waals surface area contributed by atoms with Crippen molar-refractivity contribution >= 4 is 5.97 Å². The fourth-order valence-electron chi connectivity index (χ4n) is 2.28. The number of hydrogen-bond acceptors (Lipinski definition) is 5. The number of ether oxygens (including phenoxy) is 3. The molecule has 1 atom stereocenters. The van der Waals surface area contributed by atoms with Crippen LogP contribution < -0.4 is 15.2 Å². The van der Waals surface area contributed by atoms with Crippen molar-refractivity contribution in [3.05, 3.63) is 23.8 Å². The van der Waals surface area contributed by atoms with E-state index in [0.717, 1.165) is 36.3 Å². The Morgan fingerprint density at radius 2 is 2.24 bits per heavy atom. The molecule has 2 rings (SSSR count). The van der Waals surface area contributed by atoms with Gasteiger partial charge >= 0.3 is 5.97 Å². The Morgan fingerprint density at radius 1 is 1.38 bits per heavy atom. The third-order valence-electron chi connectivity index (χ3n) is 3.40. The molecule has 1 aliphatic rings. The van der Waals surface area contributed by atoms with Gasteiger partial charge in [-0.2, -0.15) is 0 Å². The van der Waals surface area contributed by atoms with Crippen LogP contribution >= 0.6 is 0 Å². The predicted octanol–water partition coefficient (Wildman–Crippen LogP) is 2.58. The first-order valence-electron chi connectivity index (χ1n) is 7.51. The van der Waals surface area contributed by atoms with Gasteiger partial charge < -0.3 is 19.9 Å². The third-order valence-corrected chi connectivity index (χ3v) is 3.40. The molecule has 2 N–H and O–H groups in total. The summed E-state index contributed by atoms with van der Waals surface area (Å²) in [6.45, 7) is 3.44. The second-order valence-electron chi connectivity index (χ2n) is 5.08. The molecule has 0 aromatic heterocycles. The molecule has 0 bridgehead atoms. The van der Waals surface area contributed by atoms with Gasteiger partial charge in [-0.1, -0.05) is 0 Å². The summed E-state index contributed by atoms with van der Waals surface area (Å²) in [6, 6.07) is 5.74. The zero-order valence-corrected chi connectivity index (χ0v) is 12.5. The van der Waals surface area contributed by atoms with Crippen LogP contribution in [0.1, 0.15) is 44.2 Å². The lowest BCUT2D eigenvalue weighted by molar-refractivity contribution is -0.143. The second-order valence-corrected chi connectivity index (χ2v) is 5.08. The van der Waals surface area contributed by atoms with Gasteiger partial charge in [0.1, 0.15) is 18.1 Å². The minimum atomic E-state index is -0.120. The number of carbonyl (C=O) groups is 1. The highest BCUT2D eigenvalue weighted by molar-refractivity contribution is 5.69. The van der Waals surface area contributed by atoms with Crippen LogP contribution in [0.25, 0.3) is 0 Å². The molecule has 21 heavy (non-hydrogen) atoms. The van der Waals surface area contributed by atoms with E-state index in [1.165, 1.54) is 0 Å². The van der Waals surface area contributed by atoms with E-state index in [1.54, 1.807) is 0 Å². The van der Waals surface area contributed by atoms with Crippen LogP contribution in [0.2, 0.25) is 0 Å². The molecule has 5 heteroatoms. The number of hydrogen-bond donors (Lipinski definition) is 1. The Balaban J connectivity index is 1.62. The van der Waals surface area contributed by atoms with Gasteiger partial charge in [-0.15, -0.1) is 0 Å². The summed E-state index contributed by atoms with van der Waals surface area (Å²) in [6.07, 6.45) is 3.19. The quantitative estimate of drug-likeness (QED) is 0.589. The number of nitrogens with two attached hydrogens (primary N) is 1. The third kappa shape index (κ3) is 4.63. The van der Waals surface area contributed by atoms with E-state index in [-0.39, 0.29) is 12.0 Å². The van der Waals surface area contributed by atoms with Crippen LogP contribution in [-0.2, 0) is 9.53 Å². The van der Waals surface area contributed by atoms with Gasteiger partial charge in [-0.3, -0.25) is 4.79 Å². The summed E-state index contributed by atoms with van der Waals surface area (Å²) < 4.78 is 16.0. The molecule has 0 spiro atoms. The molecule has 0 aliphatic carbocycles. The van der Waals surface area contributed by atoms with Crippen LogP contribution in [0.15, 0.2) is 18.2 Å². The Morgan fingerprint density at radius 3 is 3.05 bits per heavy atom. The van der Waals surface area contributed by atoms with Crippen molar-refractivity contribution in [2.24, 2.45) is 5.73 Å². The summed E-state index contributed by atoms with van der Waals surface area (Å²) >= 11 is 0. The lowest BCUT2D eigenvalue weighted by Gasteiger charge is -2.08. The van der Waals surface area contributed by atoms with Crippen LogP contribution in [0.5, 0.6) is 11.5 Å². The van der Waals surface area contributed by atoms with Crippen molar-refractivity contribution in [3.63, 3.8) is 0 Å². The van der Waals surface area contributed by atoms with E-state index >= 15 is 0 Å². The zero-order chi connectivity index (χ0) is 15.1. The van der Waals surface area contributed by atoms with Crippen molar-refractivity contribution in [3.8, 4) is 11.5 Å². The van der Waals surface area contributed by atoms with Gasteiger partial charge in [-0.25, -0.2) is 0 Å². The molecule has 0 amide bonds. The van der Waals surface area contributed by atoms with Crippen molar-refractivity contribution in [1.82, 2.24) is 0 Å². The summed E-state index contributed by atoms with van der Waals surface area (Å²) in [4.78, 5) is 11.2.